The summed E-state index contributed by atoms with van der Waals surface area (Å²) in [4.78, 5) is 0. The summed E-state index contributed by atoms with van der Waals surface area (Å²) in [5, 5.41) is 0. The van der Waals surface area contributed by atoms with Crippen molar-refractivity contribution in [1.29, 1.82) is 0 Å². The van der Waals surface area contributed by atoms with Gasteiger partial charge in [-0.2, -0.15) is 0 Å². The molecular weight excluding hydrogens is 187 g/mol. The Balaban J connectivity index is 2.92. The van der Waals surface area contributed by atoms with E-state index in [0.717, 1.165) is 12.8 Å². The fraction of sp³-hybridized carbons (Fsp3) is 0.286. The van der Waals surface area contributed by atoms with Gasteiger partial charge >= 0.3 is 0 Å². The van der Waals surface area contributed by atoms with Gasteiger partial charge in [0.05, 0.1) is 0 Å². The fourth-order valence-electron chi connectivity index (χ4n) is 1.36. The molecule has 0 aromatic heterocycles. The van der Waals surface area contributed by atoms with Crippen molar-refractivity contribution < 1.29 is 4.39 Å². The number of hydrogen-bond acceptors (Lipinski definition) is 0. The number of rotatable bonds is 4. The molecule has 1 heteroatoms. The van der Waals surface area contributed by atoms with Gasteiger partial charge in [0.25, 0.3) is 0 Å². The SMILES string of the molecule is C#C/C(CCCC)=C(\F)c1ccccc1. The summed E-state index contributed by atoms with van der Waals surface area (Å²) in [6, 6.07) is 8.95. The van der Waals surface area contributed by atoms with E-state index >= 15 is 0 Å². The zero-order chi connectivity index (χ0) is 11.1. The number of unbranched alkanes of at least 4 members (excludes halogenated alkanes) is 1. The minimum Gasteiger partial charge on any atom is -0.205 e. The van der Waals surface area contributed by atoms with Gasteiger partial charge in [0.15, 0.2) is 0 Å². The lowest BCUT2D eigenvalue weighted by Gasteiger charge is -2.02. The van der Waals surface area contributed by atoms with Crippen LogP contribution >= 0.6 is 0 Å². The lowest BCUT2D eigenvalue weighted by atomic mass is 10.0. The van der Waals surface area contributed by atoms with Crippen LogP contribution < -0.4 is 0 Å². The molecule has 78 valence electrons. The Labute approximate surface area is 90.8 Å². The van der Waals surface area contributed by atoms with E-state index in [-0.39, 0.29) is 5.83 Å². The maximum Gasteiger partial charge on any atom is 0.141 e. The van der Waals surface area contributed by atoms with Crippen molar-refractivity contribution in [1.82, 2.24) is 0 Å². The van der Waals surface area contributed by atoms with E-state index in [1.807, 2.05) is 18.2 Å². The van der Waals surface area contributed by atoms with E-state index < -0.39 is 0 Å². The Morgan fingerprint density at radius 3 is 2.53 bits per heavy atom. The predicted octanol–water partition coefficient (Wildman–Crippen LogP) is 4.19. The minimum absolute atomic E-state index is 0.258. The zero-order valence-corrected chi connectivity index (χ0v) is 8.96. The van der Waals surface area contributed by atoms with Gasteiger partial charge in [0.1, 0.15) is 5.83 Å². The number of hydrogen-bond donors (Lipinski definition) is 0. The molecule has 0 N–H and O–H groups in total. The molecule has 0 spiro atoms. The van der Waals surface area contributed by atoms with Crippen molar-refractivity contribution in [3.8, 4) is 12.3 Å². The maximum absolute atomic E-state index is 13.9. The highest BCUT2D eigenvalue weighted by molar-refractivity contribution is 5.66. The van der Waals surface area contributed by atoms with Crippen LogP contribution in [0.3, 0.4) is 0 Å². The Hall–Kier alpha value is -1.55. The Morgan fingerprint density at radius 2 is 2.00 bits per heavy atom. The van der Waals surface area contributed by atoms with Gasteiger partial charge in [-0.25, -0.2) is 4.39 Å². The predicted molar refractivity (Wildman–Crippen MR) is 62.8 cm³/mol. The third-order valence-electron chi connectivity index (χ3n) is 2.25. The average Bonchev–Trinajstić information content (AvgIpc) is 2.31. The molecule has 0 unspecified atom stereocenters. The van der Waals surface area contributed by atoms with Crippen LogP contribution in [0.4, 0.5) is 4.39 Å². The highest BCUT2D eigenvalue weighted by Gasteiger charge is 2.05. The molecule has 15 heavy (non-hydrogen) atoms. The van der Waals surface area contributed by atoms with Crippen molar-refractivity contribution in [2.24, 2.45) is 0 Å². The first-order valence-electron chi connectivity index (χ1n) is 5.20. The molecule has 0 aliphatic carbocycles. The molecule has 0 aliphatic heterocycles. The smallest absolute Gasteiger partial charge is 0.141 e. The van der Waals surface area contributed by atoms with E-state index in [0.29, 0.717) is 17.6 Å². The number of terminal acetylenes is 1. The van der Waals surface area contributed by atoms with E-state index in [2.05, 4.69) is 12.8 Å². The first-order chi connectivity index (χ1) is 7.29. The maximum atomic E-state index is 13.9. The van der Waals surface area contributed by atoms with Crippen LogP contribution in [-0.2, 0) is 0 Å². The second-order valence-corrected chi connectivity index (χ2v) is 3.41. The lowest BCUT2D eigenvalue weighted by Crippen LogP contribution is -1.86. The molecule has 0 aliphatic rings. The summed E-state index contributed by atoms with van der Waals surface area (Å²) in [5.41, 5.74) is 1.05. The van der Waals surface area contributed by atoms with Crippen LogP contribution in [0.25, 0.3) is 5.83 Å². The molecule has 0 saturated heterocycles. The molecule has 1 aromatic rings. The molecule has 0 fully saturated rings. The molecule has 0 radical (unpaired) electrons. The van der Waals surface area contributed by atoms with Crippen molar-refractivity contribution in [3.63, 3.8) is 0 Å². The van der Waals surface area contributed by atoms with Crippen molar-refractivity contribution in [3.05, 3.63) is 41.5 Å². The van der Waals surface area contributed by atoms with Gasteiger partial charge in [-0.3, -0.25) is 0 Å². The molecule has 0 heterocycles. The van der Waals surface area contributed by atoms with E-state index in [4.69, 9.17) is 6.42 Å². The van der Waals surface area contributed by atoms with Crippen molar-refractivity contribution in [2.75, 3.05) is 0 Å². The van der Waals surface area contributed by atoms with Gasteiger partial charge in [0.2, 0.25) is 0 Å². The molecule has 0 atom stereocenters. The average molecular weight is 202 g/mol. The van der Waals surface area contributed by atoms with Crippen LogP contribution in [0.15, 0.2) is 35.9 Å². The summed E-state index contributed by atoms with van der Waals surface area (Å²) in [6.45, 7) is 2.06. The number of benzene rings is 1. The molecule has 1 aromatic carbocycles. The van der Waals surface area contributed by atoms with E-state index in [9.17, 15) is 4.39 Å². The van der Waals surface area contributed by atoms with Gasteiger partial charge in [-0.15, -0.1) is 6.42 Å². The topological polar surface area (TPSA) is 0 Å². The molecule has 0 saturated carbocycles. The summed E-state index contributed by atoms with van der Waals surface area (Å²) < 4.78 is 13.9. The summed E-state index contributed by atoms with van der Waals surface area (Å²) >= 11 is 0. The van der Waals surface area contributed by atoms with Crippen LogP contribution in [0.2, 0.25) is 0 Å². The van der Waals surface area contributed by atoms with Crippen molar-refractivity contribution in [2.45, 2.75) is 26.2 Å². The Bertz CT molecular complexity index is 368. The molecular formula is C14H15F. The molecule has 0 nitrogen and oxygen atoms in total. The van der Waals surface area contributed by atoms with Gasteiger partial charge < -0.3 is 0 Å². The largest absolute Gasteiger partial charge is 0.205 e. The minimum atomic E-state index is -0.258. The fourth-order valence-corrected chi connectivity index (χ4v) is 1.36. The highest BCUT2D eigenvalue weighted by Crippen LogP contribution is 2.22. The third-order valence-corrected chi connectivity index (χ3v) is 2.25. The van der Waals surface area contributed by atoms with Gasteiger partial charge in [-0.05, 0) is 12.8 Å². The summed E-state index contributed by atoms with van der Waals surface area (Å²) in [5.74, 6) is 2.18. The Morgan fingerprint density at radius 1 is 1.33 bits per heavy atom. The van der Waals surface area contributed by atoms with Gasteiger partial charge in [0, 0.05) is 11.1 Å². The molecule has 1 rings (SSSR count). The van der Waals surface area contributed by atoms with E-state index in [1.54, 1.807) is 12.1 Å². The quantitative estimate of drug-likeness (QED) is 0.642. The summed E-state index contributed by atoms with van der Waals surface area (Å²) in [6.07, 6.45) is 7.90. The zero-order valence-electron chi connectivity index (χ0n) is 8.96. The molecule has 0 amide bonds. The monoisotopic (exact) mass is 202 g/mol. The second-order valence-electron chi connectivity index (χ2n) is 3.41. The molecule has 0 bridgehead atoms. The number of allylic oxidation sites excluding steroid dienone is 1. The summed E-state index contributed by atoms with van der Waals surface area (Å²) in [7, 11) is 0. The lowest BCUT2D eigenvalue weighted by molar-refractivity contribution is 0.731. The first-order valence-corrected chi connectivity index (χ1v) is 5.20. The Kier molecular flexibility index (Phi) is 4.63. The normalized spacial score (nSPS) is 11.8. The first kappa shape index (κ1) is 11.5. The highest BCUT2D eigenvalue weighted by atomic mass is 19.1. The van der Waals surface area contributed by atoms with Crippen molar-refractivity contribution >= 4 is 5.83 Å². The second kappa shape index (κ2) is 6.03. The third kappa shape index (κ3) is 3.25. The van der Waals surface area contributed by atoms with Crippen LogP contribution in [0, 0.1) is 12.3 Å². The van der Waals surface area contributed by atoms with Crippen LogP contribution in [-0.4, -0.2) is 0 Å². The standard InChI is InChI=1S/C14H15F/c1-3-5-9-12(4-2)14(15)13-10-7-6-8-11-13/h2,6-8,10-11H,3,5,9H2,1H3/b14-12+. The van der Waals surface area contributed by atoms with Crippen LogP contribution in [0.5, 0.6) is 0 Å². The van der Waals surface area contributed by atoms with Gasteiger partial charge in [-0.1, -0.05) is 49.6 Å². The number of halogens is 1. The van der Waals surface area contributed by atoms with E-state index in [1.165, 1.54) is 0 Å². The van der Waals surface area contributed by atoms with Crippen LogP contribution in [0.1, 0.15) is 31.7 Å².